The molecular weight excluding hydrogens is 588 g/mol. The lowest BCUT2D eigenvalue weighted by Gasteiger charge is -2.25. The minimum Gasteiger partial charge on any atom is -0.489 e. The van der Waals surface area contributed by atoms with E-state index >= 15 is 0 Å². The molecule has 3 aromatic heterocycles. The lowest BCUT2D eigenvalue weighted by Crippen LogP contribution is -2.18. The number of tetrazole rings is 1. The Balaban J connectivity index is 1.19. The molecule has 0 unspecified atom stereocenters. The Kier molecular flexibility index (Phi) is 7.96. The van der Waals surface area contributed by atoms with E-state index in [0.717, 1.165) is 57.6 Å². The Morgan fingerprint density at radius 1 is 0.978 bits per heavy atom. The van der Waals surface area contributed by atoms with E-state index in [4.69, 9.17) is 26.3 Å². The van der Waals surface area contributed by atoms with Gasteiger partial charge in [0, 0.05) is 41.0 Å². The molecule has 10 nitrogen and oxygen atoms in total. The second kappa shape index (κ2) is 12.5. The fourth-order valence-corrected chi connectivity index (χ4v) is 6.17. The van der Waals surface area contributed by atoms with Gasteiger partial charge in [-0.2, -0.15) is 5.21 Å². The lowest BCUT2D eigenvalue weighted by molar-refractivity contribution is 0.0963. The summed E-state index contributed by atoms with van der Waals surface area (Å²) < 4.78 is 8.58. The monoisotopic (exact) mass is 618 g/mol. The summed E-state index contributed by atoms with van der Waals surface area (Å²) in [5, 5.41) is 17.8. The average molecular weight is 619 g/mol. The number of rotatable bonds is 8. The van der Waals surface area contributed by atoms with Gasteiger partial charge in [0.1, 0.15) is 23.7 Å². The molecule has 2 N–H and O–H groups in total. The molecule has 1 fully saturated rings. The number of carbonyl (C=O) groups excluding carboxylic acids is 1. The molecule has 11 heteroatoms. The number of nitrogens with zero attached hydrogens (tertiary/aromatic N) is 6. The first-order valence-electron chi connectivity index (χ1n) is 15.0. The van der Waals surface area contributed by atoms with Crippen LogP contribution in [0.15, 0.2) is 79.0 Å². The number of benzene rings is 3. The smallest absolute Gasteiger partial charge is 0.251 e. The number of amides is 1. The van der Waals surface area contributed by atoms with Gasteiger partial charge in [-0.15, -0.1) is 10.2 Å². The highest BCUT2D eigenvalue weighted by atomic mass is 35.5. The van der Waals surface area contributed by atoms with E-state index in [1.165, 1.54) is 19.3 Å². The molecule has 0 radical (unpaired) electrons. The van der Waals surface area contributed by atoms with Crippen LogP contribution < -0.4 is 10.1 Å². The Morgan fingerprint density at radius 2 is 1.76 bits per heavy atom. The molecule has 7 rings (SSSR count). The van der Waals surface area contributed by atoms with E-state index in [-0.39, 0.29) is 12.5 Å². The molecule has 1 aliphatic rings. The highest BCUT2D eigenvalue weighted by Gasteiger charge is 2.24. The van der Waals surface area contributed by atoms with Crippen molar-refractivity contribution in [1.82, 2.24) is 40.5 Å². The highest BCUT2D eigenvalue weighted by Crippen LogP contribution is 2.36. The third-order valence-corrected chi connectivity index (χ3v) is 8.58. The molecular formula is C34H31ClN8O2. The summed E-state index contributed by atoms with van der Waals surface area (Å²) >= 11 is 6.13. The number of nitrogens with one attached hydrogen (secondary N) is 2. The second-order valence-electron chi connectivity index (χ2n) is 11.2. The summed E-state index contributed by atoms with van der Waals surface area (Å²) in [6, 6.07) is 23.6. The maximum atomic E-state index is 12.4. The summed E-state index contributed by atoms with van der Waals surface area (Å²) in [7, 11) is 1.62. The third kappa shape index (κ3) is 5.88. The van der Waals surface area contributed by atoms with E-state index in [0.29, 0.717) is 28.2 Å². The quantitative estimate of drug-likeness (QED) is 0.187. The summed E-state index contributed by atoms with van der Waals surface area (Å²) in [5.41, 5.74) is 6.83. The van der Waals surface area contributed by atoms with Gasteiger partial charge in [0.2, 0.25) is 5.82 Å². The maximum absolute atomic E-state index is 12.4. The summed E-state index contributed by atoms with van der Waals surface area (Å²) in [6.07, 6.45) is 7.61. The van der Waals surface area contributed by atoms with Crippen molar-refractivity contribution in [3.63, 3.8) is 0 Å². The predicted octanol–water partition coefficient (Wildman–Crippen LogP) is 7.04. The normalized spacial score (nSPS) is 13.6. The second-order valence-corrected chi connectivity index (χ2v) is 11.6. The molecule has 45 heavy (non-hydrogen) atoms. The lowest BCUT2D eigenvalue weighted by atomic mass is 9.95. The zero-order valence-electron chi connectivity index (χ0n) is 24.7. The third-order valence-electron chi connectivity index (χ3n) is 8.33. The molecule has 0 atom stereocenters. The van der Waals surface area contributed by atoms with Gasteiger partial charge in [-0.05, 0) is 89.3 Å². The Morgan fingerprint density at radius 3 is 2.49 bits per heavy atom. The number of aromatic nitrogens is 7. The van der Waals surface area contributed by atoms with Crippen molar-refractivity contribution < 1.29 is 9.53 Å². The molecule has 6 aromatic rings. The number of hydrogen-bond acceptors (Lipinski definition) is 7. The fourth-order valence-electron chi connectivity index (χ4n) is 6.05. The van der Waals surface area contributed by atoms with Crippen LogP contribution in [0.5, 0.6) is 5.75 Å². The van der Waals surface area contributed by atoms with Crippen LogP contribution in [0.25, 0.3) is 45.1 Å². The van der Waals surface area contributed by atoms with Gasteiger partial charge >= 0.3 is 0 Å². The maximum Gasteiger partial charge on any atom is 0.251 e. The summed E-state index contributed by atoms with van der Waals surface area (Å²) in [4.78, 5) is 22.3. The first-order chi connectivity index (χ1) is 22.1. The highest BCUT2D eigenvalue weighted by molar-refractivity contribution is 6.30. The topological polar surface area (TPSA) is 124 Å². The van der Waals surface area contributed by atoms with Crippen LogP contribution in [0.3, 0.4) is 0 Å². The van der Waals surface area contributed by atoms with Gasteiger partial charge in [0.05, 0.1) is 0 Å². The van der Waals surface area contributed by atoms with Gasteiger partial charge in [-0.3, -0.25) is 4.79 Å². The van der Waals surface area contributed by atoms with Crippen LogP contribution in [-0.4, -0.2) is 48.1 Å². The molecule has 1 aliphatic carbocycles. The minimum atomic E-state index is -0.150. The van der Waals surface area contributed by atoms with E-state index in [9.17, 15) is 4.79 Å². The van der Waals surface area contributed by atoms with Crippen LogP contribution in [-0.2, 0) is 6.61 Å². The number of hydrogen-bond donors (Lipinski definition) is 2. The molecule has 0 saturated heterocycles. The van der Waals surface area contributed by atoms with Crippen molar-refractivity contribution in [2.24, 2.45) is 0 Å². The molecule has 3 heterocycles. The van der Waals surface area contributed by atoms with Crippen molar-refractivity contribution in [3.05, 3.63) is 95.1 Å². The van der Waals surface area contributed by atoms with Crippen LogP contribution in [0.2, 0.25) is 5.02 Å². The standard InChI is InChI=1S/C34H31ClN8O2/c1-36-34(44)23-11-16-29(21-7-12-26(35)13-8-21)25(17-23)20-45-28-14-9-22(10-15-28)32-38-30-18-24(31-39-41-42-40-31)19-37-33(30)43(32)27-5-3-2-4-6-27/h7-19,27H,2-6,20H2,1H3,(H,36,44)(H,39,40,41,42). The van der Waals surface area contributed by atoms with Crippen molar-refractivity contribution in [3.8, 4) is 39.7 Å². The van der Waals surface area contributed by atoms with Gasteiger partial charge in [0.25, 0.3) is 5.91 Å². The first-order valence-corrected chi connectivity index (χ1v) is 15.4. The summed E-state index contributed by atoms with van der Waals surface area (Å²) in [5.74, 6) is 1.93. The molecule has 1 saturated carbocycles. The SMILES string of the molecule is CNC(=O)c1ccc(-c2ccc(Cl)cc2)c(COc2ccc(-c3nc4cc(-c5nn[nH]n5)cnc4n3C3CCCCC3)cc2)c1. The molecule has 3 aromatic carbocycles. The average Bonchev–Trinajstić information content (AvgIpc) is 3.77. The van der Waals surface area contributed by atoms with Crippen molar-refractivity contribution in [2.45, 2.75) is 44.8 Å². The van der Waals surface area contributed by atoms with E-state index < -0.39 is 0 Å². The largest absolute Gasteiger partial charge is 0.489 e. The Labute approximate surface area is 264 Å². The van der Waals surface area contributed by atoms with Gasteiger partial charge < -0.3 is 14.6 Å². The van der Waals surface area contributed by atoms with Crippen molar-refractivity contribution >= 4 is 28.7 Å². The number of fused-ring (bicyclic) bond motifs is 1. The molecule has 0 aliphatic heterocycles. The number of aromatic amines is 1. The molecule has 0 bridgehead atoms. The predicted molar refractivity (Wildman–Crippen MR) is 173 cm³/mol. The summed E-state index contributed by atoms with van der Waals surface area (Å²) in [6.45, 7) is 0.283. The van der Waals surface area contributed by atoms with Gasteiger partial charge in [0.15, 0.2) is 5.65 Å². The van der Waals surface area contributed by atoms with E-state index in [1.54, 1.807) is 13.2 Å². The fraction of sp³-hybridized carbons (Fsp3) is 0.235. The number of pyridine rings is 1. The Bertz CT molecular complexity index is 1950. The first kappa shape index (κ1) is 28.7. The van der Waals surface area contributed by atoms with Crippen molar-refractivity contribution in [1.29, 1.82) is 0 Å². The molecule has 1 amide bonds. The zero-order chi connectivity index (χ0) is 30.8. The van der Waals surface area contributed by atoms with Gasteiger partial charge in [-0.1, -0.05) is 49.1 Å². The van der Waals surface area contributed by atoms with Crippen LogP contribution in [0.4, 0.5) is 0 Å². The van der Waals surface area contributed by atoms with Crippen LogP contribution in [0.1, 0.15) is 54.1 Å². The van der Waals surface area contributed by atoms with Crippen LogP contribution in [0, 0.1) is 0 Å². The van der Waals surface area contributed by atoms with E-state index in [2.05, 4.69) is 30.5 Å². The Hall–Kier alpha value is -5.09. The molecule has 0 spiro atoms. The number of imidazole rings is 1. The molecule has 226 valence electrons. The number of ether oxygens (including phenoxy) is 1. The van der Waals surface area contributed by atoms with E-state index in [1.807, 2.05) is 72.8 Å². The van der Waals surface area contributed by atoms with Crippen molar-refractivity contribution in [2.75, 3.05) is 7.05 Å². The number of halogens is 1. The number of H-pyrrole nitrogens is 1. The zero-order valence-corrected chi connectivity index (χ0v) is 25.5. The van der Waals surface area contributed by atoms with Gasteiger partial charge in [-0.25, -0.2) is 9.97 Å². The minimum absolute atomic E-state index is 0.150. The number of carbonyl (C=O) groups is 1. The van der Waals surface area contributed by atoms with Crippen LogP contribution >= 0.6 is 11.6 Å².